The minimum Gasteiger partial charge on any atom is -0.339 e. The number of halogens is 2. The Hall–Kier alpha value is -0.710. The fraction of sp³-hybridized carbons (Fsp3) is 0.909. The van der Waals surface area contributed by atoms with Crippen molar-refractivity contribution in [2.24, 2.45) is 11.7 Å². The number of nitrogens with zero attached hydrogens (tertiary/aromatic N) is 1. The van der Waals surface area contributed by atoms with Crippen LogP contribution in [0.15, 0.2) is 0 Å². The van der Waals surface area contributed by atoms with Crippen LogP contribution in [0.5, 0.6) is 0 Å². The number of alkyl halides is 2. The zero-order valence-electron chi connectivity index (χ0n) is 9.51. The maximum atomic E-state index is 12.9. The van der Waals surface area contributed by atoms with E-state index >= 15 is 0 Å². The van der Waals surface area contributed by atoms with Gasteiger partial charge in [0, 0.05) is 37.4 Å². The van der Waals surface area contributed by atoms with Gasteiger partial charge in [0.05, 0.1) is 0 Å². The highest BCUT2D eigenvalue weighted by molar-refractivity contribution is 5.80. The van der Waals surface area contributed by atoms with Crippen LogP contribution in [0.1, 0.15) is 32.6 Å². The van der Waals surface area contributed by atoms with Crippen molar-refractivity contribution >= 4 is 5.91 Å². The third-order valence-electron chi connectivity index (χ3n) is 3.48. The van der Waals surface area contributed by atoms with E-state index < -0.39 is 5.92 Å². The molecule has 16 heavy (non-hydrogen) atoms. The van der Waals surface area contributed by atoms with Gasteiger partial charge in [-0.3, -0.25) is 4.79 Å². The SMILES string of the molecule is CC1(N)CN(C(=O)C2CCC(F)(F)CC2)C1. The molecule has 0 unspecified atom stereocenters. The Bertz CT molecular complexity index is 286. The Morgan fingerprint density at radius 1 is 1.31 bits per heavy atom. The first kappa shape index (κ1) is 11.8. The van der Waals surface area contributed by atoms with Crippen LogP contribution in [0.4, 0.5) is 8.78 Å². The van der Waals surface area contributed by atoms with Crippen LogP contribution in [0.25, 0.3) is 0 Å². The minimum absolute atomic E-state index is 0.0124. The predicted octanol–water partition coefficient (Wildman–Crippen LogP) is 1.37. The number of hydrogen-bond donors (Lipinski definition) is 1. The second kappa shape index (κ2) is 3.65. The molecule has 1 saturated heterocycles. The van der Waals surface area contributed by atoms with Crippen LogP contribution in [-0.4, -0.2) is 35.4 Å². The van der Waals surface area contributed by atoms with Crippen molar-refractivity contribution in [1.29, 1.82) is 0 Å². The molecule has 0 atom stereocenters. The van der Waals surface area contributed by atoms with Gasteiger partial charge in [-0.2, -0.15) is 0 Å². The molecule has 2 fully saturated rings. The Labute approximate surface area is 94.0 Å². The number of nitrogens with two attached hydrogens (primary N) is 1. The second-order valence-electron chi connectivity index (χ2n) is 5.48. The number of carbonyl (C=O) groups is 1. The molecule has 1 heterocycles. The van der Waals surface area contributed by atoms with Crippen LogP contribution in [0.2, 0.25) is 0 Å². The molecule has 0 bridgehead atoms. The molecule has 5 heteroatoms. The molecule has 2 N–H and O–H groups in total. The highest BCUT2D eigenvalue weighted by atomic mass is 19.3. The number of likely N-dealkylation sites (tertiary alicyclic amines) is 1. The molecule has 92 valence electrons. The Morgan fingerprint density at radius 2 is 1.81 bits per heavy atom. The zero-order valence-corrected chi connectivity index (χ0v) is 9.51. The van der Waals surface area contributed by atoms with Crippen LogP contribution < -0.4 is 5.73 Å². The summed E-state index contributed by atoms with van der Waals surface area (Å²) in [6.45, 7) is 3.00. The smallest absolute Gasteiger partial charge is 0.248 e. The summed E-state index contributed by atoms with van der Waals surface area (Å²) in [6.07, 6.45) is 0.307. The first-order valence-corrected chi connectivity index (χ1v) is 5.75. The third-order valence-corrected chi connectivity index (χ3v) is 3.48. The maximum Gasteiger partial charge on any atom is 0.248 e. The van der Waals surface area contributed by atoms with E-state index in [9.17, 15) is 13.6 Å². The summed E-state index contributed by atoms with van der Waals surface area (Å²) in [5.74, 6) is -2.76. The Balaban J connectivity index is 1.84. The molecule has 0 aromatic heterocycles. The van der Waals surface area contributed by atoms with E-state index in [4.69, 9.17) is 5.73 Å². The molecule has 3 nitrogen and oxygen atoms in total. The molecule has 1 amide bonds. The number of rotatable bonds is 1. The first-order valence-electron chi connectivity index (χ1n) is 5.75. The average Bonchev–Trinajstić information content (AvgIpc) is 2.13. The molecule has 1 aliphatic carbocycles. The fourth-order valence-corrected chi connectivity index (χ4v) is 2.53. The summed E-state index contributed by atoms with van der Waals surface area (Å²) in [5.41, 5.74) is 5.53. The minimum atomic E-state index is -2.56. The number of hydrogen-bond acceptors (Lipinski definition) is 2. The topological polar surface area (TPSA) is 46.3 Å². The van der Waals surface area contributed by atoms with Gasteiger partial charge in [-0.25, -0.2) is 8.78 Å². The van der Waals surface area contributed by atoms with Crippen molar-refractivity contribution in [2.75, 3.05) is 13.1 Å². The summed E-state index contributed by atoms with van der Waals surface area (Å²) in [6, 6.07) is 0. The van der Waals surface area contributed by atoms with Gasteiger partial charge in [0.1, 0.15) is 0 Å². The van der Waals surface area contributed by atoms with Crippen molar-refractivity contribution in [3.8, 4) is 0 Å². The lowest BCUT2D eigenvalue weighted by atomic mass is 9.83. The van der Waals surface area contributed by atoms with Crippen molar-refractivity contribution in [3.05, 3.63) is 0 Å². The third kappa shape index (κ3) is 2.34. The molecule has 1 aliphatic heterocycles. The fourth-order valence-electron chi connectivity index (χ4n) is 2.53. The van der Waals surface area contributed by atoms with E-state index in [0.717, 1.165) is 0 Å². The lowest BCUT2D eigenvalue weighted by molar-refractivity contribution is -0.146. The van der Waals surface area contributed by atoms with Crippen LogP contribution in [-0.2, 0) is 4.79 Å². The molecular formula is C11H18F2N2O. The van der Waals surface area contributed by atoms with E-state index in [0.29, 0.717) is 25.9 Å². The lowest BCUT2D eigenvalue weighted by Crippen LogP contribution is -2.67. The van der Waals surface area contributed by atoms with Crippen molar-refractivity contribution in [1.82, 2.24) is 4.90 Å². The van der Waals surface area contributed by atoms with Crippen LogP contribution >= 0.6 is 0 Å². The predicted molar refractivity (Wildman–Crippen MR) is 56.1 cm³/mol. The Kier molecular flexibility index (Phi) is 2.69. The number of amides is 1. The van der Waals surface area contributed by atoms with Gasteiger partial charge in [0.15, 0.2) is 0 Å². The van der Waals surface area contributed by atoms with E-state index in [-0.39, 0.29) is 30.2 Å². The quantitative estimate of drug-likeness (QED) is 0.742. The van der Waals surface area contributed by atoms with Gasteiger partial charge in [-0.05, 0) is 19.8 Å². The molecule has 0 radical (unpaired) electrons. The van der Waals surface area contributed by atoms with E-state index in [2.05, 4.69) is 0 Å². The average molecular weight is 232 g/mol. The van der Waals surface area contributed by atoms with Gasteiger partial charge in [-0.15, -0.1) is 0 Å². The van der Waals surface area contributed by atoms with E-state index in [1.54, 1.807) is 4.90 Å². The summed E-state index contributed by atoms with van der Waals surface area (Å²) < 4.78 is 25.8. The van der Waals surface area contributed by atoms with Gasteiger partial charge in [0.2, 0.25) is 11.8 Å². The largest absolute Gasteiger partial charge is 0.339 e. The van der Waals surface area contributed by atoms with Crippen molar-refractivity contribution < 1.29 is 13.6 Å². The summed E-state index contributed by atoms with van der Waals surface area (Å²) >= 11 is 0. The highest BCUT2D eigenvalue weighted by Gasteiger charge is 2.43. The monoisotopic (exact) mass is 232 g/mol. The maximum absolute atomic E-state index is 12.9. The molecule has 1 saturated carbocycles. The molecule has 2 aliphatic rings. The van der Waals surface area contributed by atoms with Crippen LogP contribution in [0, 0.1) is 5.92 Å². The molecular weight excluding hydrogens is 214 g/mol. The second-order valence-corrected chi connectivity index (χ2v) is 5.48. The molecule has 0 aromatic rings. The summed E-state index contributed by atoms with van der Waals surface area (Å²) in [4.78, 5) is 13.6. The standard InChI is InChI=1S/C11H18F2N2O/c1-10(14)6-15(7-10)9(16)8-2-4-11(12,13)5-3-8/h8H,2-7,14H2,1H3. The first-order chi connectivity index (χ1) is 7.29. The summed E-state index contributed by atoms with van der Waals surface area (Å²) in [5, 5.41) is 0. The van der Waals surface area contributed by atoms with Gasteiger partial charge < -0.3 is 10.6 Å². The van der Waals surface area contributed by atoms with Gasteiger partial charge in [-0.1, -0.05) is 0 Å². The summed E-state index contributed by atoms with van der Waals surface area (Å²) in [7, 11) is 0. The van der Waals surface area contributed by atoms with E-state index in [1.807, 2.05) is 6.92 Å². The zero-order chi connectivity index (χ0) is 12.0. The van der Waals surface area contributed by atoms with Crippen molar-refractivity contribution in [2.45, 2.75) is 44.1 Å². The molecule has 0 aromatic carbocycles. The molecule has 0 spiro atoms. The normalized spacial score (nSPS) is 28.6. The Morgan fingerprint density at radius 3 is 2.25 bits per heavy atom. The number of carbonyl (C=O) groups excluding carboxylic acids is 1. The van der Waals surface area contributed by atoms with Gasteiger partial charge >= 0.3 is 0 Å². The molecule has 2 rings (SSSR count). The lowest BCUT2D eigenvalue weighted by Gasteiger charge is -2.47. The van der Waals surface area contributed by atoms with Crippen LogP contribution in [0.3, 0.4) is 0 Å². The highest BCUT2D eigenvalue weighted by Crippen LogP contribution is 2.37. The van der Waals surface area contributed by atoms with Crippen molar-refractivity contribution in [3.63, 3.8) is 0 Å². The van der Waals surface area contributed by atoms with E-state index in [1.165, 1.54) is 0 Å². The van der Waals surface area contributed by atoms with Gasteiger partial charge in [0.25, 0.3) is 0 Å².